The molecule has 0 aromatic heterocycles. The summed E-state index contributed by atoms with van der Waals surface area (Å²) in [5.74, 6) is 0.198. The lowest BCUT2D eigenvalue weighted by molar-refractivity contribution is -0.138. The molecule has 0 aliphatic heterocycles. The van der Waals surface area contributed by atoms with Crippen LogP contribution in [0.5, 0.6) is 17.2 Å². The highest BCUT2D eigenvalue weighted by Crippen LogP contribution is 2.37. The number of phenols is 1. The van der Waals surface area contributed by atoms with Crippen molar-refractivity contribution in [2.24, 2.45) is 5.18 Å². The smallest absolute Gasteiger partial charge is 0.332 e. The number of benzene rings is 2. The summed E-state index contributed by atoms with van der Waals surface area (Å²) in [6.45, 7) is 0. The Morgan fingerprint density at radius 3 is 2.00 bits per heavy atom. The van der Waals surface area contributed by atoms with E-state index in [2.05, 4.69) is 50.4 Å². The van der Waals surface area contributed by atoms with Crippen LogP contribution in [0.2, 0.25) is 0 Å². The predicted molar refractivity (Wildman–Crippen MR) is 126 cm³/mol. The van der Waals surface area contributed by atoms with Gasteiger partial charge < -0.3 is 14.9 Å². The fourth-order valence-corrected chi connectivity index (χ4v) is 5.77. The fraction of sp³-hybridized carbons (Fsp3) is 0.133. The Morgan fingerprint density at radius 1 is 1.04 bits per heavy atom. The second-order valence-corrected chi connectivity index (χ2v) is 9.54. The predicted octanol–water partition coefficient (Wildman–Crippen LogP) is 5.37. The minimum atomic E-state index is -1.31. The Balaban J connectivity index is 2.31. The van der Waals surface area contributed by atoms with Gasteiger partial charge in [-0.2, -0.15) is 0 Å². The van der Waals surface area contributed by atoms with Crippen LogP contribution in [0.25, 0.3) is 0 Å². The first-order valence-corrected chi connectivity index (χ1v) is 10.9. The van der Waals surface area contributed by atoms with E-state index in [9.17, 15) is 14.8 Å². The molecule has 0 aliphatic carbocycles. The maximum absolute atomic E-state index is 11.0. The molecule has 0 heterocycles. The van der Waals surface area contributed by atoms with Gasteiger partial charge in [-0.15, -0.1) is 4.91 Å². The first-order chi connectivity index (χ1) is 11.7. The number of aromatic hydroxyl groups is 1. The molecule has 2 aromatic rings. The van der Waals surface area contributed by atoms with Gasteiger partial charge in [0, 0.05) is 6.42 Å². The third-order valence-corrected chi connectivity index (χ3v) is 6.36. The molecule has 0 radical (unpaired) electrons. The van der Waals surface area contributed by atoms with Gasteiger partial charge in [-0.1, -0.05) is 5.18 Å². The van der Waals surface area contributed by atoms with Gasteiger partial charge in [-0.05, 0) is 120 Å². The molecule has 0 spiro atoms. The zero-order chi connectivity index (χ0) is 18.7. The summed E-state index contributed by atoms with van der Waals surface area (Å²) >= 11 is 8.26. The van der Waals surface area contributed by atoms with E-state index in [1.165, 1.54) is 0 Å². The summed E-state index contributed by atoms with van der Waals surface area (Å²) in [5, 5.41) is 21.4. The standard InChI is InChI=1S/C15H9I4NO5/c16-8-4-7(5-9(17)13(8)21)25-14-10(18)1-6(2-11(14)19)3-12(20-24)15(22)23/h1-2,4-5,12,21H,3H2,(H,22,23)/t12-/m0/s1. The van der Waals surface area contributed by atoms with Crippen molar-refractivity contribution >= 4 is 96.3 Å². The molecule has 0 bridgehead atoms. The van der Waals surface area contributed by atoms with Gasteiger partial charge >= 0.3 is 5.97 Å². The number of rotatable bonds is 6. The number of halogens is 4. The fourth-order valence-electron chi connectivity index (χ4n) is 1.94. The second-order valence-electron chi connectivity index (χ2n) is 4.89. The molecule has 0 aliphatic rings. The van der Waals surface area contributed by atoms with Gasteiger partial charge in [0.25, 0.3) is 0 Å². The van der Waals surface area contributed by atoms with Crippen molar-refractivity contribution < 1.29 is 19.7 Å². The lowest BCUT2D eigenvalue weighted by Gasteiger charge is -2.14. The molecule has 132 valence electrons. The molecular weight excluding hydrogens is 782 g/mol. The maximum Gasteiger partial charge on any atom is 0.332 e. The molecule has 0 saturated heterocycles. The Kier molecular flexibility index (Phi) is 7.93. The number of hydrogen-bond acceptors (Lipinski definition) is 5. The van der Waals surface area contributed by atoms with Crippen LogP contribution in [0.1, 0.15) is 5.56 Å². The highest BCUT2D eigenvalue weighted by molar-refractivity contribution is 14.1. The molecule has 2 N–H and O–H groups in total. The third-order valence-electron chi connectivity index (χ3n) is 3.11. The minimum Gasteiger partial charge on any atom is -0.506 e. The molecule has 6 nitrogen and oxygen atoms in total. The summed E-state index contributed by atoms with van der Waals surface area (Å²) in [7, 11) is 0. The molecule has 2 aromatic carbocycles. The van der Waals surface area contributed by atoms with Gasteiger partial charge in [-0.25, -0.2) is 4.79 Å². The van der Waals surface area contributed by atoms with E-state index in [1.54, 1.807) is 24.3 Å². The normalized spacial score (nSPS) is 11.8. The van der Waals surface area contributed by atoms with Crippen LogP contribution in [0.15, 0.2) is 29.4 Å². The molecule has 10 heteroatoms. The molecule has 0 saturated carbocycles. The summed E-state index contributed by atoms with van der Waals surface area (Å²) in [6.07, 6.45) is 0.0279. The summed E-state index contributed by atoms with van der Waals surface area (Å²) < 4.78 is 8.89. The number of nitrogens with zero attached hydrogens (tertiary/aromatic N) is 1. The highest BCUT2D eigenvalue weighted by Gasteiger charge is 2.20. The van der Waals surface area contributed by atoms with Crippen LogP contribution in [0, 0.1) is 19.2 Å². The zero-order valence-corrected chi connectivity index (χ0v) is 20.8. The third kappa shape index (κ3) is 5.50. The number of carbonyl (C=O) groups is 1. The number of phenolic OH excluding ortho intramolecular Hbond substituents is 1. The van der Waals surface area contributed by atoms with Crippen LogP contribution in [-0.4, -0.2) is 22.2 Å². The van der Waals surface area contributed by atoms with E-state index >= 15 is 0 Å². The van der Waals surface area contributed by atoms with Gasteiger partial charge in [0.05, 0.1) is 14.3 Å². The number of ether oxygens (including phenoxy) is 1. The Labute approximate surface area is 197 Å². The largest absolute Gasteiger partial charge is 0.506 e. The molecule has 0 amide bonds. The quantitative estimate of drug-likeness (QED) is 0.304. The lowest BCUT2D eigenvalue weighted by atomic mass is 10.1. The van der Waals surface area contributed by atoms with Crippen LogP contribution in [0.3, 0.4) is 0 Å². The van der Waals surface area contributed by atoms with Crippen molar-refractivity contribution in [1.29, 1.82) is 0 Å². The van der Waals surface area contributed by atoms with Gasteiger partial charge in [0.15, 0.2) is 11.8 Å². The summed E-state index contributed by atoms with van der Waals surface area (Å²) in [5.41, 5.74) is 0.697. The number of carboxylic acids is 1. The number of nitroso groups, excluding NO2 is 1. The van der Waals surface area contributed by atoms with Gasteiger partial charge in [0.1, 0.15) is 11.5 Å². The molecule has 0 unspecified atom stereocenters. The van der Waals surface area contributed by atoms with Crippen LogP contribution in [-0.2, 0) is 11.2 Å². The number of hydrogen-bond donors (Lipinski definition) is 2. The first kappa shape index (κ1) is 21.3. The Morgan fingerprint density at radius 2 is 1.56 bits per heavy atom. The van der Waals surface area contributed by atoms with Crippen molar-refractivity contribution in [3.63, 3.8) is 0 Å². The average molecular weight is 791 g/mol. The van der Waals surface area contributed by atoms with Crippen molar-refractivity contribution in [1.82, 2.24) is 0 Å². The Hall–Kier alpha value is 0.0300. The molecule has 2 rings (SSSR count). The molecule has 25 heavy (non-hydrogen) atoms. The van der Waals surface area contributed by atoms with Crippen molar-refractivity contribution in [3.05, 3.63) is 49.0 Å². The minimum absolute atomic E-state index is 0.0279. The Bertz CT molecular complexity index is 797. The monoisotopic (exact) mass is 791 g/mol. The number of carboxylic acid groups (broad SMARTS) is 1. The summed E-state index contributed by atoms with van der Waals surface area (Å²) in [6, 6.07) is 5.70. The van der Waals surface area contributed by atoms with E-state index < -0.39 is 12.0 Å². The summed E-state index contributed by atoms with van der Waals surface area (Å²) in [4.78, 5) is 21.6. The van der Waals surface area contributed by atoms with E-state index in [4.69, 9.17) is 9.84 Å². The van der Waals surface area contributed by atoms with E-state index in [1.807, 2.05) is 45.2 Å². The lowest BCUT2D eigenvalue weighted by Crippen LogP contribution is -2.20. The molecule has 0 fully saturated rings. The number of aliphatic carboxylic acids is 1. The maximum atomic E-state index is 11.0. The highest BCUT2D eigenvalue weighted by atomic mass is 127. The van der Waals surface area contributed by atoms with E-state index in [0.717, 1.165) is 7.14 Å². The van der Waals surface area contributed by atoms with Crippen LogP contribution >= 0.6 is 90.4 Å². The molecule has 1 atom stereocenters. The van der Waals surface area contributed by atoms with Crippen LogP contribution in [0.4, 0.5) is 0 Å². The first-order valence-electron chi connectivity index (χ1n) is 6.62. The van der Waals surface area contributed by atoms with E-state index in [0.29, 0.717) is 24.2 Å². The average Bonchev–Trinajstić information content (AvgIpc) is 2.53. The van der Waals surface area contributed by atoms with Gasteiger partial charge in [0.2, 0.25) is 0 Å². The molecular formula is C15H9I4NO5. The van der Waals surface area contributed by atoms with Crippen LogP contribution < -0.4 is 4.74 Å². The van der Waals surface area contributed by atoms with Crippen molar-refractivity contribution in [3.8, 4) is 17.2 Å². The van der Waals surface area contributed by atoms with E-state index in [-0.39, 0.29) is 12.2 Å². The van der Waals surface area contributed by atoms with Gasteiger partial charge in [-0.3, -0.25) is 0 Å². The topological polar surface area (TPSA) is 96.2 Å². The van der Waals surface area contributed by atoms with Crippen molar-refractivity contribution in [2.45, 2.75) is 12.5 Å². The SMILES string of the molecule is O=N[C@@H](Cc1cc(I)c(Oc2cc(I)c(O)c(I)c2)c(I)c1)C(=O)O. The zero-order valence-electron chi connectivity index (χ0n) is 12.2. The second kappa shape index (κ2) is 9.29. The van der Waals surface area contributed by atoms with Crippen molar-refractivity contribution in [2.75, 3.05) is 0 Å².